The lowest BCUT2D eigenvalue weighted by Gasteiger charge is -2.17. The molecule has 4 nitrogen and oxygen atoms in total. The van der Waals surface area contributed by atoms with Crippen LogP contribution in [0.4, 0.5) is 0 Å². The van der Waals surface area contributed by atoms with Crippen LogP contribution in [0.3, 0.4) is 0 Å². The highest BCUT2D eigenvalue weighted by atomic mass is 32.2. The molecule has 0 radical (unpaired) electrons. The van der Waals surface area contributed by atoms with Gasteiger partial charge in [-0.15, -0.1) is 0 Å². The second kappa shape index (κ2) is 9.20. The number of pyridine rings is 1. The van der Waals surface area contributed by atoms with E-state index < -0.39 is 5.25 Å². The van der Waals surface area contributed by atoms with Crippen LogP contribution in [-0.4, -0.2) is 17.6 Å². The number of nitrogens with zero attached hydrogens (tertiary/aromatic N) is 2. The number of ether oxygens (including phenoxy) is 1. The van der Waals surface area contributed by atoms with Crippen molar-refractivity contribution in [2.45, 2.75) is 24.1 Å². The molecule has 0 aliphatic heterocycles. The van der Waals surface area contributed by atoms with Crippen LogP contribution in [0.25, 0.3) is 11.3 Å². The quantitative estimate of drug-likeness (QED) is 0.422. The molecular weight excluding hydrogens is 368 g/mol. The van der Waals surface area contributed by atoms with Gasteiger partial charge >= 0.3 is 5.97 Å². The summed E-state index contributed by atoms with van der Waals surface area (Å²) >= 11 is 1.26. The Morgan fingerprint density at radius 1 is 1.14 bits per heavy atom. The number of nitriles is 1. The van der Waals surface area contributed by atoms with E-state index in [1.165, 1.54) is 11.8 Å². The minimum atomic E-state index is -0.592. The van der Waals surface area contributed by atoms with Gasteiger partial charge in [0.25, 0.3) is 0 Å². The Hall–Kier alpha value is -3.10. The number of esters is 1. The van der Waals surface area contributed by atoms with E-state index in [0.29, 0.717) is 17.2 Å². The molecule has 0 saturated heterocycles. The third kappa shape index (κ3) is 4.41. The van der Waals surface area contributed by atoms with Gasteiger partial charge < -0.3 is 4.74 Å². The molecule has 5 heteroatoms. The Bertz CT molecular complexity index is 998. The molecule has 1 aromatic heterocycles. The van der Waals surface area contributed by atoms with E-state index >= 15 is 0 Å². The number of aryl methyl sites for hydroxylation is 1. The third-order valence-corrected chi connectivity index (χ3v) is 5.42. The average molecular weight is 388 g/mol. The predicted octanol–water partition coefficient (Wildman–Crippen LogP) is 5.33. The highest BCUT2D eigenvalue weighted by Crippen LogP contribution is 2.38. The first-order valence-electron chi connectivity index (χ1n) is 8.99. The van der Waals surface area contributed by atoms with Crippen molar-refractivity contribution in [3.8, 4) is 17.3 Å². The first kappa shape index (κ1) is 19.7. The highest BCUT2D eigenvalue weighted by Gasteiger charge is 2.26. The summed E-state index contributed by atoms with van der Waals surface area (Å²) in [5, 5.41) is 9.61. The predicted molar refractivity (Wildman–Crippen MR) is 111 cm³/mol. The first-order chi connectivity index (χ1) is 13.6. The molecule has 2 aromatic carbocycles. The molecule has 0 amide bonds. The van der Waals surface area contributed by atoms with E-state index in [0.717, 1.165) is 22.4 Å². The molecule has 0 bridgehead atoms. The molecule has 0 aliphatic rings. The summed E-state index contributed by atoms with van der Waals surface area (Å²) < 4.78 is 5.28. The van der Waals surface area contributed by atoms with Gasteiger partial charge in [0, 0.05) is 5.56 Å². The molecule has 0 N–H and O–H groups in total. The number of carbonyl (C=O) groups is 1. The fourth-order valence-corrected chi connectivity index (χ4v) is 3.99. The SMILES string of the molecule is CCOC(=O)C(Sc1nc(-c2ccccc2)cc(C)c1C#N)c1ccccc1. The normalized spacial score (nSPS) is 11.5. The highest BCUT2D eigenvalue weighted by molar-refractivity contribution is 8.00. The van der Waals surface area contributed by atoms with Crippen molar-refractivity contribution in [2.24, 2.45) is 0 Å². The molecule has 0 fully saturated rings. The molecular formula is C23H20N2O2S. The van der Waals surface area contributed by atoms with Gasteiger partial charge in [0.2, 0.25) is 0 Å². The van der Waals surface area contributed by atoms with Crippen LogP contribution in [0, 0.1) is 18.3 Å². The van der Waals surface area contributed by atoms with Crippen LogP contribution in [-0.2, 0) is 9.53 Å². The molecule has 1 heterocycles. The van der Waals surface area contributed by atoms with Crippen molar-refractivity contribution in [1.82, 2.24) is 4.98 Å². The van der Waals surface area contributed by atoms with E-state index in [1.807, 2.05) is 73.7 Å². The maximum Gasteiger partial charge on any atom is 0.324 e. The van der Waals surface area contributed by atoms with Gasteiger partial charge in [-0.25, -0.2) is 4.98 Å². The molecule has 0 spiro atoms. The average Bonchev–Trinajstić information content (AvgIpc) is 2.73. The molecule has 1 unspecified atom stereocenters. The summed E-state index contributed by atoms with van der Waals surface area (Å²) in [6.45, 7) is 3.96. The lowest BCUT2D eigenvalue weighted by Crippen LogP contribution is -2.14. The second-order valence-electron chi connectivity index (χ2n) is 6.14. The minimum Gasteiger partial charge on any atom is -0.465 e. The Kier molecular flexibility index (Phi) is 6.46. The Morgan fingerprint density at radius 2 is 1.79 bits per heavy atom. The summed E-state index contributed by atoms with van der Waals surface area (Å²) in [5.74, 6) is -0.341. The van der Waals surface area contributed by atoms with Crippen molar-refractivity contribution in [3.05, 3.63) is 83.4 Å². The van der Waals surface area contributed by atoms with Gasteiger partial charge in [0.1, 0.15) is 16.3 Å². The van der Waals surface area contributed by atoms with E-state index in [4.69, 9.17) is 9.72 Å². The third-order valence-electron chi connectivity index (χ3n) is 4.20. The summed E-state index contributed by atoms with van der Waals surface area (Å²) in [7, 11) is 0. The summed E-state index contributed by atoms with van der Waals surface area (Å²) in [4.78, 5) is 17.3. The monoisotopic (exact) mass is 388 g/mol. The van der Waals surface area contributed by atoms with Crippen molar-refractivity contribution >= 4 is 17.7 Å². The lowest BCUT2D eigenvalue weighted by molar-refractivity contribution is -0.142. The molecule has 28 heavy (non-hydrogen) atoms. The number of aromatic nitrogens is 1. The van der Waals surface area contributed by atoms with Crippen LogP contribution in [0.5, 0.6) is 0 Å². The standard InChI is InChI=1S/C23H20N2O2S/c1-3-27-23(26)21(18-12-8-5-9-13-18)28-22-19(15-24)16(2)14-20(25-22)17-10-6-4-7-11-17/h4-14,21H,3H2,1-2H3. The van der Waals surface area contributed by atoms with Gasteiger partial charge in [-0.1, -0.05) is 72.4 Å². The van der Waals surface area contributed by atoms with Crippen LogP contribution in [0.2, 0.25) is 0 Å². The van der Waals surface area contributed by atoms with Crippen LogP contribution in [0.1, 0.15) is 28.9 Å². The minimum absolute atomic E-state index is 0.296. The molecule has 1 atom stereocenters. The second-order valence-corrected chi connectivity index (χ2v) is 7.24. The molecule has 0 saturated carbocycles. The number of hydrogen-bond acceptors (Lipinski definition) is 5. The van der Waals surface area contributed by atoms with E-state index in [2.05, 4.69) is 6.07 Å². The lowest BCUT2D eigenvalue weighted by atomic mass is 10.1. The summed E-state index contributed by atoms with van der Waals surface area (Å²) in [6, 6.07) is 23.4. The molecule has 3 rings (SSSR count). The van der Waals surface area contributed by atoms with Crippen molar-refractivity contribution in [1.29, 1.82) is 5.26 Å². The van der Waals surface area contributed by atoms with Gasteiger partial charge in [0.05, 0.1) is 17.9 Å². The molecule has 140 valence electrons. The fraction of sp³-hybridized carbons (Fsp3) is 0.174. The fourth-order valence-electron chi connectivity index (χ4n) is 2.83. The van der Waals surface area contributed by atoms with Crippen LogP contribution < -0.4 is 0 Å². The topological polar surface area (TPSA) is 63.0 Å². The van der Waals surface area contributed by atoms with Crippen molar-refractivity contribution < 1.29 is 9.53 Å². The van der Waals surface area contributed by atoms with Crippen molar-refractivity contribution in [2.75, 3.05) is 6.61 Å². The molecule has 0 aliphatic carbocycles. The van der Waals surface area contributed by atoms with Crippen molar-refractivity contribution in [3.63, 3.8) is 0 Å². The summed E-state index contributed by atoms with van der Waals surface area (Å²) in [5.41, 5.74) is 3.86. The zero-order chi connectivity index (χ0) is 19.9. The van der Waals surface area contributed by atoms with Gasteiger partial charge in [-0.05, 0) is 31.0 Å². The zero-order valence-electron chi connectivity index (χ0n) is 15.8. The largest absolute Gasteiger partial charge is 0.465 e. The molecule has 3 aromatic rings. The summed E-state index contributed by atoms with van der Waals surface area (Å²) in [6.07, 6.45) is 0. The number of carbonyl (C=O) groups excluding carboxylic acids is 1. The Balaban J connectivity index is 2.06. The van der Waals surface area contributed by atoms with Crippen LogP contribution >= 0.6 is 11.8 Å². The van der Waals surface area contributed by atoms with Gasteiger partial charge in [-0.3, -0.25) is 4.79 Å². The Morgan fingerprint density at radius 3 is 2.39 bits per heavy atom. The smallest absolute Gasteiger partial charge is 0.324 e. The number of hydrogen-bond donors (Lipinski definition) is 0. The van der Waals surface area contributed by atoms with Gasteiger partial charge in [0.15, 0.2) is 0 Å². The number of benzene rings is 2. The van der Waals surface area contributed by atoms with Crippen LogP contribution in [0.15, 0.2) is 71.8 Å². The number of rotatable bonds is 6. The zero-order valence-corrected chi connectivity index (χ0v) is 16.6. The van der Waals surface area contributed by atoms with E-state index in [9.17, 15) is 10.1 Å². The maximum absolute atomic E-state index is 12.6. The van der Waals surface area contributed by atoms with E-state index in [-0.39, 0.29) is 5.97 Å². The van der Waals surface area contributed by atoms with Gasteiger partial charge in [-0.2, -0.15) is 5.26 Å². The Labute approximate surface area is 169 Å². The number of thioether (sulfide) groups is 1. The first-order valence-corrected chi connectivity index (χ1v) is 9.87. The van der Waals surface area contributed by atoms with E-state index in [1.54, 1.807) is 6.92 Å². The maximum atomic E-state index is 12.6.